The number of rotatable bonds is 3. The molecule has 0 bridgehead atoms. The summed E-state index contributed by atoms with van der Waals surface area (Å²) in [6.07, 6.45) is -0.651. The third-order valence-electron chi connectivity index (χ3n) is 3.15. The predicted molar refractivity (Wildman–Crippen MR) is 57.7 cm³/mol. The Hall–Kier alpha value is -1.88. The minimum Gasteiger partial charge on any atom is -0.481 e. The third kappa shape index (κ3) is 1.89. The molecule has 2 atom stereocenters. The summed E-state index contributed by atoms with van der Waals surface area (Å²) in [4.78, 5) is 22.0. The van der Waals surface area contributed by atoms with Gasteiger partial charge in [0, 0.05) is 5.92 Å². The van der Waals surface area contributed by atoms with E-state index in [0.29, 0.717) is 12.0 Å². The molecule has 0 aromatic heterocycles. The summed E-state index contributed by atoms with van der Waals surface area (Å²) < 4.78 is 0. The number of carbonyl (C=O) groups is 2. The zero-order valence-corrected chi connectivity index (χ0v) is 8.91. The van der Waals surface area contributed by atoms with Crippen molar-refractivity contribution in [2.75, 3.05) is 0 Å². The highest BCUT2D eigenvalue weighted by Crippen LogP contribution is 2.38. The van der Waals surface area contributed by atoms with E-state index >= 15 is 0 Å². The molecule has 5 heteroatoms. The number of aliphatic carboxylic acids is 2. The second-order valence-corrected chi connectivity index (χ2v) is 4.15. The van der Waals surface area contributed by atoms with Gasteiger partial charge in [-0.1, -0.05) is 24.3 Å². The number of fused-ring (bicyclic) bond motifs is 1. The number of aliphatic hydroxyl groups is 1. The minimum absolute atomic E-state index is 0.303. The Morgan fingerprint density at radius 2 is 1.76 bits per heavy atom. The summed E-state index contributed by atoms with van der Waals surface area (Å²) >= 11 is 0. The molecular formula is C12H12O5. The Labute approximate surface area is 97.3 Å². The van der Waals surface area contributed by atoms with Gasteiger partial charge in [-0.2, -0.15) is 0 Å². The van der Waals surface area contributed by atoms with Crippen LogP contribution in [0.25, 0.3) is 0 Å². The van der Waals surface area contributed by atoms with Gasteiger partial charge in [-0.15, -0.1) is 0 Å². The molecule has 1 aliphatic rings. The van der Waals surface area contributed by atoms with Crippen molar-refractivity contribution in [2.45, 2.75) is 18.4 Å². The lowest BCUT2D eigenvalue weighted by atomic mass is 9.86. The molecule has 0 saturated carbocycles. The zero-order chi connectivity index (χ0) is 12.6. The topological polar surface area (TPSA) is 94.8 Å². The molecule has 0 saturated heterocycles. The summed E-state index contributed by atoms with van der Waals surface area (Å²) in [6.45, 7) is 0. The number of carboxylic acids is 2. The molecule has 1 aromatic rings. The van der Waals surface area contributed by atoms with Gasteiger partial charge in [0.25, 0.3) is 0 Å². The molecular weight excluding hydrogens is 224 g/mol. The molecule has 1 aromatic carbocycles. The van der Waals surface area contributed by atoms with Crippen molar-refractivity contribution in [3.05, 3.63) is 35.4 Å². The molecule has 0 radical (unpaired) electrons. The maximum atomic E-state index is 11.0. The van der Waals surface area contributed by atoms with Gasteiger partial charge in [0.05, 0.1) is 6.10 Å². The van der Waals surface area contributed by atoms with Crippen molar-refractivity contribution in [1.29, 1.82) is 0 Å². The first-order valence-electron chi connectivity index (χ1n) is 5.24. The van der Waals surface area contributed by atoms with Crippen molar-refractivity contribution in [3.8, 4) is 0 Å². The van der Waals surface area contributed by atoms with E-state index in [9.17, 15) is 14.7 Å². The first-order valence-corrected chi connectivity index (χ1v) is 5.24. The van der Waals surface area contributed by atoms with Crippen LogP contribution >= 0.6 is 0 Å². The van der Waals surface area contributed by atoms with E-state index in [2.05, 4.69) is 0 Å². The van der Waals surface area contributed by atoms with Gasteiger partial charge in [0.15, 0.2) is 5.92 Å². The highest BCUT2D eigenvalue weighted by Gasteiger charge is 2.44. The Bertz CT molecular complexity index is 454. The normalized spacial score (nSPS) is 22.5. The maximum absolute atomic E-state index is 11.0. The number of aliphatic hydroxyl groups excluding tert-OH is 1. The average Bonchev–Trinajstić information content (AvgIpc) is 2.55. The van der Waals surface area contributed by atoms with Crippen LogP contribution in [0.15, 0.2) is 24.3 Å². The van der Waals surface area contributed by atoms with Crippen LogP contribution in [-0.4, -0.2) is 33.4 Å². The van der Waals surface area contributed by atoms with Gasteiger partial charge in [-0.05, 0) is 17.5 Å². The van der Waals surface area contributed by atoms with Gasteiger partial charge in [-0.3, -0.25) is 9.59 Å². The van der Waals surface area contributed by atoms with Gasteiger partial charge in [-0.25, -0.2) is 0 Å². The number of hydrogen-bond acceptors (Lipinski definition) is 3. The molecule has 2 rings (SSSR count). The van der Waals surface area contributed by atoms with Crippen molar-refractivity contribution in [3.63, 3.8) is 0 Å². The molecule has 0 amide bonds. The zero-order valence-electron chi connectivity index (χ0n) is 8.91. The largest absolute Gasteiger partial charge is 0.481 e. The fraction of sp³-hybridized carbons (Fsp3) is 0.333. The molecule has 2 unspecified atom stereocenters. The van der Waals surface area contributed by atoms with E-state index in [-0.39, 0.29) is 0 Å². The molecule has 0 fully saturated rings. The van der Waals surface area contributed by atoms with Crippen LogP contribution in [0.1, 0.15) is 17.0 Å². The molecule has 17 heavy (non-hydrogen) atoms. The molecule has 0 aliphatic heterocycles. The van der Waals surface area contributed by atoms with Gasteiger partial charge in [0.2, 0.25) is 0 Å². The summed E-state index contributed by atoms with van der Waals surface area (Å²) in [5.74, 6) is -5.31. The van der Waals surface area contributed by atoms with E-state index in [1.54, 1.807) is 24.3 Å². The monoisotopic (exact) mass is 236 g/mol. The average molecular weight is 236 g/mol. The van der Waals surface area contributed by atoms with E-state index in [4.69, 9.17) is 10.2 Å². The molecule has 1 aliphatic carbocycles. The lowest BCUT2D eigenvalue weighted by Gasteiger charge is -2.20. The van der Waals surface area contributed by atoms with Crippen LogP contribution in [0, 0.1) is 5.92 Å². The first-order chi connectivity index (χ1) is 8.02. The van der Waals surface area contributed by atoms with Crippen LogP contribution in [-0.2, 0) is 16.0 Å². The maximum Gasteiger partial charge on any atom is 0.318 e. The number of carboxylic acid groups (broad SMARTS) is 2. The fourth-order valence-electron chi connectivity index (χ4n) is 2.42. The van der Waals surface area contributed by atoms with Crippen molar-refractivity contribution in [2.24, 2.45) is 5.92 Å². The van der Waals surface area contributed by atoms with Crippen LogP contribution in [0.5, 0.6) is 0 Å². The highest BCUT2D eigenvalue weighted by atomic mass is 16.4. The van der Waals surface area contributed by atoms with Crippen LogP contribution < -0.4 is 0 Å². The quantitative estimate of drug-likeness (QED) is 0.663. The summed E-state index contributed by atoms with van der Waals surface area (Å²) in [5.41, 5.74) is 1.44. The van der Waals surface area contributed by atoms with Crippen LogP contribution in [0.4, 0.5) is 0 Å². The molecule has 5 nitrogen and oxygen atoms in total. The second-order valence-electron chi connectivity index (χ2n) is 4.15. The minimum atomic E-state index is -1.60. The SMILES string of the molecule is O=C(O)C(C(=O)O)C1c2ccccc2CC1O. The summed E-state index contributed by atoms with van der Waals surface area (Å²) in [6, 6.07) is 6.95. The molecule has 0 spiro atoms. The Morgan fingerprint density at radius 3 is 2.35 bits per heavy atom. The molecule has 3 N–H and O–H groups in total. The fourth-order valence-corrected chi connectivity index (χ4v) is 2.42. The Morgan fingerprint density at radius 1 is 1.18 bits per heavy atom. The predicted octanol–water partition coefficient (Wildman–Crippen LogP) is 0.473. The van der Waals surface area contributed by atoms with Crippen molar-refractivity contribution >= 4 is 11.9 Å². The Balaban J connectivity index is 2.44. The highest BCUT2D eigenvalue weighted by molar-refractivity contribution is 5.94. The number of benzene rings is 1. The first kappa shape index (κ1) is 11.6. The van der Waals surface area contributed by atoms with E-state index in [1.165, 1.54) is 0 Å². The van der Waals surface area contributed by atoms with E-state index in [0.717, 1.165) is 5.56 Å². The second kappa shape index (κ2) is 4.18. The van der Waals surface area contributed by atoms with E-state index < -0.39 is 29.9 Å². The van der Waals surface area contributed by atoms with Gasteiger partial charge < -0.3 is 15.3 Å². The summed E-state index contributed by atoms with van der Waals surface area (Å²) in [7, 11) is 0. The number of hydrogen-bond donors (Lipinski definition) is 3. The van der Waals surface area contributed by atoms with Crippen molar-refractivity contribution < 1.29 is 24.9 Å². The summed E-state index contributed by atoms with van der Waals surface area (Å²) in [5, 5.41) is 27.8. The standard InChI is InChI=1S/C12H12O5/c13-8-5-6-3-1-2-4-7(6)9(8)10(11(14)15)12(16)17/h1-4,8-10,13H,5H2,(H,14,15)(H,16,17). The Kier molecular flexibility index (Phi) is 2.85. The van der Waals surface area contributed by atoms with Crippen LogP contribution in [0.3, 0.4) is 0 Å². The van der Waals surface area contributed by atoms with Crippen molar-refractivity contribution in [1.82, 2.24) is 0 Å². The van der Waals surface area contributed by atoms with E-state index in [1.807, 2.05) is 0 Å². The van der Waals surface area contributed by atoms with Gasteiger partial charge >= 0.3 is 11.9 Å². The lowest BCUT2D eigenvalue weighted by molar-refractivity contribution is -0.157. The lowest BCUT2D eigenvalue weighted by Crippen LogP contribution is -2.34. The molecule has 90 valence electrons. The molecule has 0 heterocycles. The smallest absolute Gasteiger partial charge is 0.318 e. The van der Waals surface area contributed by atoms with Gasteiger partial charge in [0.1, 0.15) is 0 Å². The van der Waals surface area contributed by atoms with Crippen LogP contribution in [0.2, 0.25) is 0 Å². The third-order valence-corrected chi connectivity index (χ3v) is 3.15.